The number of fused-ring (bicyclic) bond motifs is 1. The molecule has 4 heteroatoms. The summed E-state index contributed by atoms with van der Waals surface area (Å²) in [5.41, 5.74) is 2.06. The smallest absolute Gasteiger partial charge is 0.232 e. The predicted molar refractivity (Wildman–Crippen MR) is 83.4 cm³/mol. The largest absolute Gasteiger partial charge is 0.508 e. The Morgan fingerprint density at radius 3 is 2.64 bits per heavy atom. The van der Waals surface area contributed by atoms with Gasteiger partial charge in [-0.15, -0.1) is 0 Å². The molecule has 0 bridgehead atoms. The number of Topliss-reactive ketones (excluding diaryl/α,β-unsaturated/α-hetero) is 1. The molecule has 1 N–H and O–H groups in total. The Morgan fingerprint density at radius 1 is 1.23 bits per heavy atom. The van der Waals surface area contributed by atoms with Crippen LogP contribution in [0.15, 0.2) is 42.2 Å². The van der Waals surface area contributed by atoms with E-state index in [4.69, 9.17) is 9.47 Å². The van der Waals surface area contributed by atoms with Gasteiger partial charge in [0.2, 0.25) is 5.78 Å². The monoisotopic (exact) mass is 296 g/mol. The molecule has 0 fully saturated rings. The second-order valence-corrected chi connectivity index (χ2v) is 5.08. The highest BCUT2D eigenvalue weighted by Gasteiger charge is 2.29. The van der Waals surface area contributed by atoms with E-state index in [9.17, 15) is 9.90 Å². The Bertz CT molecular complexity index is 757. The summed E-state index contributed by atoms with van der Waals surface area (Å²) in [5, 5.41) is 9.60. The van der Waals surface area contributed by atoms with Gasteiger partial charge in [-0.2, -0.15) is 0 Å². The Kier molecular flexibility index (Phi) is 3.59. The van der Waals surface area contributed by atoms with E-state index < -0.39 is 0 Å². The van der Waals surface area contributed by atoms with Crippen molar-refractivity contribution in [2.45, 2.75) is 13.8 Å². The maximum absolute atomic E-state index is 12.4. The van der Waals surface area contributed by atoms with Crippen LogP contribution in [0, 0.1) is 6.92 Å². The first-order valence-electron chi connectivity index (χ1n) is 7.09. The van der Waals surface area contributed by atoms with Gasteiger partial charge >= 0.3 is 0 Å². The lowest BCUT2D eigenvalue weighted by atomic mass is 10.0. The molecule has 0 radical (unpaired) electrons. The summed E-state index contributed by atoms with van der Waals surface area (Å²) < 4.78 is 11.0. The molecule has 0 aliphatic carbocycles. The van der Waals surface area contributed by atoms with E-state index in [1.54, 1.807) is 19.1 Å². The second-order valence-electron chi connectivity index (χ2n) is 5.08. The summed E-state index contributed by atoms with van der Waals surface area (Å²) in [4.78, 5) is 12.4. The number of benzene rings is 2. The van der Waals surface area contributed by atoms with Crippen LogP contribution in [-0.2, 0) is 0 Å². The molecule has 4 nitrogen and oxygen atoms in total. The van der Waals surface area contributed by atoms with Crippen molar-refractivity contribution >= 4 is 11.9 Å². The molecule has 0 spiro atoms. The summed E-state index contributed by atoms with van der Waals surface area (Å²) in [6.07, 6.45) is 1.69. The van der Waals surface area contributed by atoms with Gasteiger partial charge in [-0.05, 0) is 49.2 Å². The van der Waals surface area contributed by atoms with E-state index in [-0.39, 0.29) is 17.3 Å². The van der Waals surface area contributed by atoms with Gasteiger partial charge in [0.05, 0.1) is 12.2 Å². The number of hydrogen-bond donors (Lipinski definition) is 1. The van der Waals surface area contributed by atoms with Crippen molar-refractivity contribution in [2.75, 3.05) is 6.61 Å². The van der Waals surface area contributed by atoms with Crippen molar-refractivity contribution in [2.24, 2.45) is 0 Å². The van der Waals surface area contributed by atoms with Gasteiger partial charge in [-0.3, -0.25) is 4.79 Å². The normalized spacial score (nSPS) is 14.8. The number of phenols is 1. The number of hydrogen-bond acceptors (Lipinski definition) is 4. The highest BCUT2D eigenvalue weighted by molar-refractivity contribution is 6.15. The van der Waals surface area contributed by atoms with Gasteiger partial charge in [-0.25, -0.2) is 0 Å². The van der Waals surface area contributed by atoms with Crippen LogP contribution < -0.4 is 9.47 Å². The Balaban J connectivity index is 1.91. The van der Waals surface area contributed by atoms with E-state index in [2.05, 4.69) is 0 Å². The second kappa shape index (κ2) is 5.56. The van der Waals surface area contributed by atoms with Crippen LogP contribution in [0.5, 0.6) is 17.2 Å². The van der Waals surface area contributed by atoms with Crippen molar-refractivity contribution in [3.05, 3.63) is 58.8 Å². The predicted octanol–water partition coefficient (Wildman–Crippen LogP) is 3.72. The molecule has 2 aromatic rings. The van der Waals surface area contributed by atoms with E-state index >= 15 is 0 Å². The van der Waals surface area contributed by atoms with Gasteiger partial charge in [-0.1, -0.05) is 12.1 Å². The van der Waals surface area contributed by atoms with Gasteiger partial charge in [0.25, 0.3) is 0 Å². The molecule has 3 rings (SSSR count). The average molecular weight is 296 g/mol. The zero-order valence-corrected chi connectivity index (χ0v) is 12.4. The van der Waals surface area contributed by atoms with Crippen molar-refractivity contribution in [3.63, 3.8) is 0 Å². The van der Waals surface area contributed by atoms with Crippen LogP contribution >= 0.6 is 0 Å². The third-order valence-electron chi connectivity index (χ3n) is 3.44. The van der Waals surface area contributed by atoms with Crippen LogP contribution in [0.1, 0.15) is 28.4 Å². The van der Waals surface area contributed by atoms with Gasteiger partial charge in [0, 0.05) is 6.07 Å². The molecular formula is C18H16O4. The first-order chi connectivity index (χ1) is 10.6. The zero-order chi connectivity index (χ0) is 15.7. The standard InChI is InChI=1S/C18H16O4/c1-3-21-14-6-4-12(5-7-14)9-16-18(20)17-11(2)8-13(19)10-15(17)22-16/h4-10,19H,3H2,1-2H3/b16-9+. The minimum absolute atomic E-state index is 0.0892. The summed E-state index contributed by atoms with van der Waals surface area (Å²) in [5.74, 6) is 1.37. The lowest BCUT2D eigenvalue weighted by molar-refractivity contribution is 0.101. The Hall–Kier alpha value is -2.75. The molecule has 0 aromatic heterocycles. The molecular weight excluding hydrogens is 280 g/mol. The van der Waals surface area contributed by atoms with E-state index in [0.717, 1.165) is 11.3 Å². The minimum atomic E-state index is -0.165. The van der Waals surface area contributed by atoms with Crippen LogP contribution in [0.2, 0.25) is 0 Å². The van der Waals surface area contributed by atoms with E-state index in [1.165, 1.54) is 6.07 Å². The number of ketones is 1. The van der Waals surface area contributed by atoms with Crippen LogP contribution in [-0.4, -0.2) is 17.5 Å². The molecule has 1 heterocycles. The number of allylic oxidation sites excluding steroid dienone is 1. The van der Waals surface area contributed by atoms with Crippen molar-refractivity contribution in [3.8, 4) is 17.2 Å². The lowest BCUT2D eigenvalue weighted by Crippen LogP contribution is -1.99. The third-order valence-corrected chi connectivity index (χ3v) is 3.44. The summed E-state index contributed by atoms with van der Waals surface area (Å²) in [6.45, 7) is 4.32. The van der Waals surface area contributed by atoms with Crippen LogP contribution in [0.25, 0.3) is 6.08 Å². The molecule has 0 atom stereocenters. The van der Waals surface area contributed by atoms with Crippen molar-refractivity contribution < 1.29 is 19.4 Å². The van der Waals surface area contributed by atoms with E-state index in [0.29, 0.717) is 23.5 Å². The number of carbonyl (C=O) groups is 1. The number of carbonyl (C=O) groups excluding carboxylic acids is 1. The average Bonchev–Trinajstić information content (AvgIpc) is 2.77. The SMILES string of the molecule is CCOc1ccc(/C=C2/Oc3cc(O)cc(C)c3C2=O)cc1. The molecule has 1 aliphatic rings. The number of phenolic OH excluding ortho intramolecular Hbond substituents is 1. The van der Waals surface area contributed by atoms with Crippen LogP contribution in [0.4, 0.5) is 0 Å². The Labute approximate surface area is 128 Å². The number of aryl methyl sites for hydroxylation is 1. The maximum Gasteiger partial charge on any atom is 0.232 e. The highest BCUT2D eigenvalue weighted by Crippen LogP contribution is 2.37. The molecule has 0 saturated carbocycles. The lowest BCUT2D eigenvalue weighted by Gasteiger charge is -2.03. The van der Waals surface area contributed by atoms with Crippen molar-refractivity contribution in [1.29, 1.82) is 0 Å². The summed E-state index contributed by atoms with van der Waals surface area (Å²) in [6, 6.07) is 10.4. The quantitative estimate of drug-likeness (QED) is 0.877. The fourth-order valence-corrected chi connectivity index (χ4v) is 2.47. The number of rotatable bonds is 3. The molecule has 1 aliphatic heterocycles. The van der Waals surface area contributed by atoms with Crippen molar-refractivity contribution in [1.82, 2.24) is 0 Å². The molecule has 0 saturated heterocycles. The van der Waals surface area contributed by atoms with Gasteiger partial charge < -0.3 is 14.6 Å². The first kappa shape index (κ1) is 14.2. The fourth-order valence-electron chi connectivity index (χ4n) is 2.47. The minimum Gasteiger partial charge on any atom is -0.508 e. The molecule has 2 aromatic carbocycles. The molecule has 0 unspecified atom stereocenters. The summed E-state index contributed by atoms with van der Waals surface area (Å²) >= 11 is 0. The van der Waals surface area contributed by atoms with E-state index in [1.807, 2.05) is 31.2 Å². The summed E-state index contributed by atoms with van der Waals surface area (Å²) in [7, 11) is 0. The zero-order valence-electron chi connectivity index (χ0n) is 12.4. The fraction of sp³-hybridized carbons (Fsp3) is 0.167. The molecule has 22 heavy (non-hydrogen) atoms. The van der Waals surface area contributed by atoms with Crippen LogP contribution in [0.3, 0.4) is 0 Å². The highest BCUT2D eigenvalue weighted by atomic mass is 16.5. The topological polar surface area (TPSA) is 55.8 Å². The molecule has 112 valence electrons. The number of ether oxygens (including phenoxy) is 2. The third kappa shape index (κ3) is 2.55. The molecule has 0 amide bonds. The van der Waals surface area contributed by atoms with Gasteiger partial charge in [0.15, 0.2) is 5.76 Å². The number of aromatic hydroxyl groups is 1. The maximum atomic E-state index is 12.4. The first-order valence-corrected chi connectivity index (χ1v) is 7.09. The van der Waals surface area contributed by atoms with Gasteiger partial charge in [0.1, 0.15) is 17.2 Å². The Morgan fingerprint density at radius 2 is 1.95 bits per heavy atom.